The van der Waals surface area contributed by atoms with Crippen LogP contribution in [0.15, 0.2) is 78.3 Å². The second-order valence-corrected chi connectivity index (χ2v) is 13.0. The van der Waals surface area contributed by atoms with Crippen molar-refractivity contribution >= 4 is 39.6 Å². The van der Waals surface area contributed by atoms with Gasteiger partial charge in [-0.2, -0.15) is 5.10 Å². The Morgan fingerprint density at radius 1 is 1.07 bits per heavy atom. The molecule has 1 aliphatic heterocycles. The molecule has 1 saturated heterocycles. The number of ether oxygens (including phenoxy) is 2. The highest BCUT2D eigenvalue weighted by atomic mass is 32.1. The molecule has 4 heterocycles. The number of carbonyl (C=O) groups is 1. The minimum Gasteiger partial charge on any atom is -0.492 e. The molecule has 0 radical (unpaired) electrons. The Morgan fingerprint density at radius 2 is 1.91 bits per heavy atom. The molecule has 0 saturated carbocycles. The summed E-state index contributed by atoms with van der Waals surface area (Å²) in [7, 11) is 0. The molecule has 2 N–H and O–H groups in total. The Morgan fingerprint density at radius 3 is 2.66 bits per heavy atom. The lowest BCUT2D eigenvalue weighted by Crippen LogP contribution is -2.40. The zero-order valence-corrected chi connectivity index (χ0v) is 26.4. The maximum atomic E-state index is 13.3. The standard InChI is InChI=1S/C34H38N6O3S/c1-23-11-12-24(21-35-23)40-32(20-31(38-40)34(2,3)4)37-33(41)36-27-13-14-28(26-9-6-5-8-25(26)27)42-17-15-39-16-18-43-29(22-39)30-10-7-19-44-30/h5-14,19-21,29H,15-18,22H2,1-4H3,(H2,36,37,41). The van der Waals surface area contributed by atoms with E-state index in [1.807, 2.05) is 61.5 Å². The number of amides is 2. The van der Waals surface area contributed by atoms with E-state index in [0.29, 0.717) is 24.7 Å². The van der Waals surface area contributed by atoms with E-state index >= 15 is 0 Å². The Hall–Kier alpha value is -4.25. The Kier molecular flexibility index (Phi) is 8.65. The molecule has 5 aromatic rings. The molecule has 0 aliphatic carbocycles. The summed E-state index contributed by atoms with van der Waals surface area (Å²) in [4.78, 5) is 21.4. The van der Waals surface area contributed by atoms with Crippen LogP contribution in [0.25, 0.3) is 16.5 Å². The third-order valence-corrected chi connectivity index (χ3v) is 8.63. The minimum atomic E-state index is -0.363. The van der Waals surface area contributed by atoms with Gasteiger partial charge in [-0.3, -0.25) is 15.2 Å². The zero-order valence-electron chi connectivity index (χ0n) is 25.5. The number of hydrogen-bond acceptors (Lipinski definition) is 7. The number of nitrogens with zero attached hydrogens (tertiary/aromatic N) is 4. The number of carbonyl (C=O) groups excluding carboxylic acids is 1. The average Bonchev–Trinajstić information content (AvgIpc) is 3.70. The molecule has 1 unspecified atom stereocenters. The first-order valence-corrected chi connectivity index (χ1v) is 15.8. The summed E-state index contributed by atoms with van der Waals surface area (Å²) in [6, 6.07) is 21.4. The fourth-order valence-corrected chi connectivity index (χ4v) is 6.00. The lowest BCUT2D eigenvalue weighted by Gasteiger charge is -2.32. The van der Waals surface area contributed by atoms with Crippen molar-refractivity contribution in [2.24, 2.45) is 0 Å². The van der Waals surface area contributed by atoms with Crippen LogP contribution in [0.2, 0.25) is 0 Å². The molecule has 3 aromatic heterocycles. The molecular formula is C34H38N6O3S. The molecule has 1 atom stereocenters. The van der Waals surface area contributed by atoms with E-state index in [0.717, 1.165) is 53.2 Å². The van der Waals surface area contributed by atoms with Crippen molar-refractivity contribution in [3.63, 3.8) is 0 Å². The van der Waals surface area contributed by atoms with E-state index in [4.69, 9.17) is 14.6 Å². The van der Waals surface area contributed by atoms with Crippen molar-refractivity contribution in [3.05, 3.63) is 94.6 Å². The number of morpholine rings is 1. The van der Waals surface area contributed by atoms with E-state index < -0.39 is 0 Å². The Balaban J connectivity index is 1.14. The van der Waals surface area contributed by atoms with Gasteiger partial charge in [0.1, 0.15) is 24.3 Å². The van der Waals surface area contributed by atoms with Crippen molar-refractivity contribution in [3.8, 4) is 11.4 Å². The van der Waals surface area contributed by atoms with Gasteiger partial charge < -0.3 is 14.8 Å². The number of pyridine rings is 1. The number of hydrogen-bond donors (Lipinski definition) is 2. The van der Waals surface area contributed by atoms with Crippen molar-refractivity contribution in [1.29, 1.82) is 0 Å². The lowest BCUT2D eigenvalue weighted by atomic mass is 9.92. The second kappa shape index (κ2) is 12.8. The summed E-state index contributed by atoms with van der Waals surface area (Å²) in [5.74, 6) is 1.35. The number of nitrogens with one attached hydrogen (secondary N) is 2. The summed E-state index contributed by atoms with van der Waals surface area (Å²) < 4.78 is 14.0. The van der Waals surface area contributed by atoms with Gasteiger partial charge in [-0.05, 0) is 42.6 Å². The molecule has 10 heteroatoms. The van der Waals surface area contributed by atoms with E-state index in [-0.39, 0.29) is 17.6 Å². The average molecular weight is 611 g/mol. The van der Waals surface area contributed by atoms with E-state index in [2.05, 4.69) is 58.8 Å². The summed E-state index contributed by atoms with van der Waals surface area (Å²) in [5, 5.41) is 14.8. The summed E-state index contributed by atoms with van der Waals surface area (Å²) >= 11 is 1.74. The number of thiophene rings is 1. The molecule has 6 rings (SSSR count). The number of aryl methyl sites for hydroxylation is 1. The van der Waals surface area contributed by atoms with Gasteiger partial charge in [0.25, 0.3) is 0 Å². The molecule has 2 aromatic carbocycles. The van der Waals surface area contributed by atoms with Crippen LogP contribution in [0.5, 0.6) is 5.75 Å². The molecule has 9 nitrogen and oxygen atoms in total. The monoisotopic (exact) mass is 610 g/mol. The van der Waals surface area contributed by atoms with Crippen LogP contribution >= 0.6 is 11.3 Å². The zero-order chi connectivity index (χ0) is 30.7. The number of anilines is 2. The molecule has 44 heavy (non-hydrogen) atoms. The van der Waals surface area contributed by atoms with Gasteiger partial charge >= 0.3 is 6.03 Å². The van der Waals surface area contributed by atoms with Crippen LogP contribution in [0.1, 0.15) is 43.1 Å². The van der Waals surface area contributed by atoms with Gasteiger partial charge in [0.05, 0.1) is 29.9 Å². The van der Waals surface area contributed by atoms with Gasteiger partial charge in [0.2, 0.25) is 0 Å². The Labute approximate surface area is 261 Å². The van der Waals surface area contributed by atoms with Gasteiger partial charge in [0, 0.05) is 52.5 Å². The molecule has 1 fully saturated rings. The number of aromatic nitrogens is 3. The van der Waals surface area contributed by atoms with Crippen molar-refractivity contribution in [2.75, 3.05) is 43.5 Å². The molecule has 1 aliphatic rings. The van der Waals surface area contributed by atoms with Crippen LogP contribution in [0, 0.1) is 6.92 Å². The minimum absolute atomic E-state index is 0.119. The summed E-state index contributed by atoms with van der Waals surface area (Å²) in [5.41, 5.74) is 3.03. The van der Waals surface area contributed by atoms with Crippen molar-refractivity contribution in [1.82, 2.24) is 19.7 Å². The number of benzene rings is 2. The van der Waals surface area contributed by atoms with Crippen molar-refractivity contribution < 1.29 is 14.3 Å². The van der Waals surface area contributed by atoms with Gasteiger partial charge in [-0.15, -0.1) is 11.3 Å². The molecular weight excluding hydrogens is 572 g/mol. The molecule has 228 valence electrons. The largest absolute Gasteiger partial charge is 0.492 e. The quantitative estimate of drug-likeness (QED) is 0.193. The predicted molar refractivity (Wildman–Crippen MR) is 176 cm³/mol. The highest BCUT2D eigenvalue weighted by Crippen LogP contribution is 2.33. The maximum absolute atomic E-state index is 13.3. The van der Waals surface area contributed by atoms with Gasteiger partial charge in [-0.25, -0.2) is 9.48 Å². The lowest BCUT2D eigenvalue weighted by molar-refractivity contribution is -0.0311. The molecule has 0 bridgehead atoms. The van der Waals surface area contributed by atoms with Gasteiger partial charge in [-0.1, -0.05) is 51.1 Å². The van der Waals surface area contributed by atoms with Crippen LogP contribution < -0.4 is 15.4 Å². The third kappa shape index (κ3) is 6.77. The normalized spacial score (nSPS) is 15.8. The van der Waals surface area contributed by atoms with E-state index in [9.17, 15) is 4.79 Å². The third-order valence-electron chi connectivity index (χ3n) is 7.67. The fourth-order valence-electron chi connectivity index (χ4n) is 5.23. The van der Waals surface area contributed by atoms with E-state index in [1.54, 1.807) is 22.2 Å². The summed E-state index contributed by atoms with van der Waals surface area (Å²) in [6.45, 7) is 12.0. The van der Waals surface area contributed by atoms with Crippen LogP contribution in [-0.2, 0) is 10.2 Å². The Bertz CT molecular complexity index is 1730. The number of rotatable bonds is 8. The van der Waals surface area contributed by atoms with Crippen LogP contribution in [0.3, 0.4) is 0 Å². The number of urea groups is 1. The number of fused-ring (bicyclic) bond motifs is 1. The first-order valence-electron chi connectivity index (χ1n) is 14.9. The predicted octanol–water partition coefficient (Wildman–Crippen LogP) is 7.18. The summed E-state index contributed by atoms with van der Waals surface area (Å²) in [6.07, 6.45) is 1.87. The topological polar surface area (TPSA) is 93.5 Å². The van der Waals surface area contributed by atoms with Crippen LogP contribution in [0.4, 0.5) is 16.3 Å². The fraction of sp³-hybridized carbons (Fsp3) is 0.324. The van der Waals surface area contributed by atoms with Gasteiger partial charge in [0.15, 0.2) is 0 Å². The smallest absolute Gasteiger partial charge is 0.324 e. The molecule has 0 spiro atoms. The first-order chi connectivity index (χ1) is 21.2. The SMILES string of the molecule is Cc1ccc(-n2nc(C(C)(C)C)cc2NC(=O)Nc2ccc(OCCN3CCOC(c4cccs4)C3)c3ccccc23)cn1. The first kappa shape index (κ1) is 29.8. The maximum Gasteiger partial charge on any atom is 0.324 e. The second-order valence-electron chi connectivity index (χ2n) is 12.0. The molecule has 2 amide bonds. The van der Waals surface area contributed by atoms with Crippen molar-refractivity contribution in [2.45, 2.75) is 39.2 Å². The van der Waals surface area contributed by atoms with E-state index in [1.165, 1.54) is 4.88 Å². The highest BCUT2D eigenvalue weighted by molar-refractivity contribution is 7.10. The van der Waals surface area contributed by atoms with Crippen LogP contribution in [-0.4, -0.2) is 58.5 Å². The highest BCUT2D eigenvalue weighted by Gasteiger charge is 2.24.